The molecule has 2 rings (SSSR count). The zero-order valence-corrected chi connectivity index (χ0v) is 17.3. The van der Waals surface area contributed by atoms with Gasteiger partial charge < -0.3 is 20.8 Å². The number of benzene rings is 1. The van der Waals surface area contributed by atoms with E-state index in [0.717, 1.165) is 12.0 Å². The van der Waals surface area contributed by atoms with Crippen molar-refractivity contribution in [1.82, 2.24) is 10.2 Å². The highest BCUT2D eigenvalue weighted by atomic mass is 16.4. The molecule has 1 aromatic carbocycles. The summed E-state index contributed by atoms with van der Waals surface area (Å²) in [7, 11) is 0. The molecule has 1 fully saturated rings. The molecule has 5 N–H and O–H groups in total. The van der Waals surface area contributed by atoms with E-state index in [4.69, 9.17) is 5.73 Å². The molecule has 0 radical (unpaired) electrons. The molecule has 3 atom stereocenters. The number of carboxylic acid groups (broad SMARTS) is 2. The predicted octanol–water partition coefficient (Wildman–Crippen LogP) is 1.63. The lowest BCUT2D eigenvalue weighted by atomic mass is 10.0. The molecule has 1 saturated heterocycles. The highest BCUT2D eigenvalue weighted by molar-refractivity contribution is 5.88. The molecule has 1 aromatic rings. The van der Waals surface area contributed by atoms with Gasteiger partial charge >= 0.3 is 11.9 Å². The van der Waals surface area contributed by atoms with Crippen LogP contribution in [0.4, 0.5) is 0 Å². The highest BCUT2D eigenvalue weighted by Gasteiger charge is 2.36. The quantitative estimate of drug-likeness (QED) is 0.378. The van der Waals surface area contributed by atoms with Crippen LogP contribution in [0.1, 0.15) is 50.5 Å². The van der Waals surface area contributed by atoms with Crippen LogP contribution in [-0.2, 0) is 20.8 Å². The second-order valence-corrected chi connectivity index (χ2v) is 7.80. The topological polar surface area (TPSA) is 133 Å². The number of likely N-dealkylation sites (tertiary alicyclic amines) is 1. The first kappa shape index (κ1) is 23.8. The first-order valence-corrected chi connectivity index (χ1v) is 10.7. The lowest BCUT2D eigenvalue weighted by molar-refractivity contribution is -0.151. The number of amides is 1. The summed E-state index contributed by atoms with van der Waals surface area (Å²) in [6, 6.07) is 7.12. The smallest absolute Gasteiger partial charge is 0.326 e. The summed E-state index contributed by atoms with van der Waals surface area (Å²) >= 11 is 0. The van der Waals surface area contributed by atoms with Crippen LogP contribution >= 0.6 is 0 Å². The zero-order chi connectivity index (χ0) is 21.9. The van der Waals surface area contributed by atoms with Crippen LogP contribution < -0.4 is 11.1 Å². The van der Waals surface area contributed by atoms with E-state index in [1.54, 1.807) is 0 Å². The maximum atomic E-state index is 13.1. The van der Waals surface area contributed by atoms with E-state index >= 15 is 0 Å². The van der Waals surface area contributed by atoms with E-state index in [2.05, 4.69) is 5.32 Å². The molecule has 30 heavy (non-hydrogen) atoms. The number of hydrogen-bond donors (Lipinski definition) is 4. The minimum atomic E-state index is -1.03. The predicted molar refractivity (Wildman–Crippen MR) is 113 cm³/mol. The number of carbonyl (C=O) groups is 3. The number of nitrogens with zero attached hydrogens (tertiary/aromatic N) is 1. The van der Waals surface area contributed by atoms with Crippen LogP contribution in [0, 0.1) is 0 Å². The van der Waals surface area contributed by atoms with Gasteiger partial charge in [0.15, 0.2) is 0 Å². The second-order valence-electron chi connectivity index (χ2n) is 7.80. The van der Waals surface area contributed by atoms with Crippen molar-refractivity contribution in [3.05, 3.63) is 35.9 Å². The van der Waals surface area contributed by atoms with Gasteiger partial charge in [-0.15, -0.1) is 0 Å². The molecule has 0 saturated carbocycles. The Hall–Kier alpha value is -2.45. The fourth-order valence-corrected chi connectivity index (χ4v) is 3.90. The normalized spacial score (nSPS) is 19.2. The highest BCUT2D eigenvalue weighted by Crippen LogP contribution is 2.19. The van der Waals surface area contributed by atoms with Gasteiger partial charge in [-0.2, -0.15) is 0 Å². The number of carbonyl (C=O) groups excluding carboxylic acids is 1. The van der Waals surface area contributed by atoms with Crippen molar-refractivity contribution in [3.8, 4) is 0 Å². The number of aryl methyl sites for hydroxylation is 1. The molecule has 0 aliphatic carbocycles. The number of carboxylic acids is 2. The number of nitrogens with two attached hydrogens (primary N) is 1. The Labute approximate surface area is 177 Å². The van der Waals surface area contributed by atoms with Crippen LogP contribution in [0.3, 0.4) is 0 Å². The van der Waals surface area contributed by atoms with Gasteiger partial charge in [0.25, 0.3) is 0 Å². The lowest BCUT2D eigenvalue weighted by Crippen LogP contribution is -2.55. The number of rotatable bonds is 12. The van der Waals surface area contributed by atoms with Crippen molar-refractivity contribution in [2.75, 3.05) is 13.1 Å². The van der Waals surface area contributed by atoms with Crippen molar-refractivity contribution < 1.29 is 24.6 Å². The third-order valence-corrected chi connectivity index (χ3v) is 5.58. The lowest BCUT2D eigenvalue weighted by Gasteiger charge is -2.31. The summed E-state index contributed by atoms with van der Waals surface area (Å²) < 4.78 is 0. The number of aliphatic carboxylic acids is 2. The fraction of sp³-hybridized carbons (Fsp3) is 0.591. The van der Waals surface area contributed by atoms with E-state index in [1.165, 1.54) is 4.90 Å². The molecule has 1 aliphatic heterocycles. The van der Waals surface area contributed by atoms with Gasteiger partial charge in [0.1, 0.15) is 12.1 Å². The minimum Gasteiger partial charge on any atom is -0.480 e. The average Bonchev–Trinajstić information content (AvgIpc) is 2.90. The first-order chi connectivity index (χ1) is 14.4. The van der Waals surface area contributed by atoms with Crippen molar-refractivity contribution in [1.29, 1.82) is 0 Å². The van der Waals surface area contributed by atoms with E-state index in [-0.39, 0.29) is 5.91 Å². The van der Waals surface area contributed by atoms with Gasteiger partial charge in [0.2, 0.25) is 5.91 Å². The van der Waals surface area contributed by atoms with E-state index in [1.807, 2.05) is 30.3 Å². The summed E-state index contributed by atoms with van der Waals surface area (Å²) in [6.07, 6.45) is 4.54. The Bertz CT molecular complexity index is 697. The summed E-state index contributed by atoms with van der Waals surface area (Å²) in [5, 5.41) is 22.3. The van der Waals surface area contributed by atoms with Crippen molar-refractivity contribution in [2.24, 2.45) is 5.73 Å². The van der Waals surface area contributed by atoms with Crippen molar-refractivity contribution >= 4 is 17.8 Å². The maximum absolute atomic E-state index is 13.1. The van der Waals surface area contributed by atoms with Gasteiger partial charge in [0.05, 0.1) is 6.04 Å². The van der Waals surface area contributed by atoms with Crippen LogP contribution in [0.25, 0.3) is 0 Å². The number of hydrogen-bond acceptors (Lipinski definition) is 5. The van der Waals surface area contributed by atoms with Gasteiger partial charge in [-0.1, -0.05) is 30.3 Å². The molecule has 166 valence electrons. The molecule has 0 bridgehead atoms. The Morgan fingerprint density at radius 1 is 1.10 bits per heavy atom. The largest absolute Gasteiger partial charge is 0.480 e. The van der Waals surface area contributed by atoms with Crippen LogP contribution in [-0.4, -0.2) is 64.2 Å². The molecule has 8 nitrogen and oxygen atoms in total. The van der Waals surface area contributed by atoms with Gasteiger partial charge in [0, 0.05) is 6.54 Å². The van der Waals surface area contributed by atoms with Crippen molar-refractivity contribution in [2.45, 2.75) is 69.5 Å². The average molecular weight is 420 g/mol. The van der Waals surface area contributed by atoms with Gasteiger partial charge in [-0.25, -0.2) is 4.79 Å². The third-order valence-electron chi connectivity index (χ3n) is 5.58. The number of unbranched alkanes of at least 4 members (excludes halogenated alkanes) is 1. The van der Waals surface area contributed by atoms with E-state index in [9.17, 15) is 24.6 Å². The van der Waals surface area contributed by atoms with E-state index < -0.39 is 30.1 Å². The molecule has 1 aliphatic rings. The van der Waals surface area contributed by atoms with Crippen LogP contribution in [0.2, 0.25) is 0 Å². The van der Waals surface area contributed by atoms with E-state index in [0.29, 0.717) is 58.0 Å². The Kier molecular flexibility index (Phi) is 9.76. The van der Waals surface area contributed by atoms with Crippen LogP contribution in [0.5, 0.6) is 0 Å². The SMILES string of the molecule is NCCCCC(C(=O)O)N1CCCCC(NC(CCc2ccccc2)C(=O)O)C1=O. The molecular formula is C22H33N3O5. The molecule has 0 spiro atoms. The Balaban J connectivity index is 2.06. The molecule has 3 unspecified atom stereocenters. The third kappa shape index (κ3) is 7.11. The van der Waals surface area contributed by atoms with Gasteiger partial charge in [-0.05, 0) is 63.5 Å². The molecule has 0 aromatic heterocycles. The Morgan fingerprint density at radius 3 is 2.47 bits per heavy atom. The molecular weight excluding hydrogens is 386 g/mol. The standard InChI is InChI=1S/C22H33N3O5/c23-14-6-4-11-19(22(29)30)25-15-7-5-10-17(20(25)26)24-18(21(27)28)13-12-16-8-2-1-3-9-16/h1-3,8-9,17-19,24H,4-7,10-15,23H2,(H,27,28)(H,29,30). The van der Waals surface area contributed by atoms with Gasteiger partial charge in [-0.3, -0.25) is 14.9 Å². The summed E-state index contributed by atoms with van der Waals surface area (Å²) in [5.74, 6) is -2.36. The zero-order valence-electron chi connectivity index (χ0n) is 17.3. The maximum Gasteiger partial charge on any atom is 0.326 e. The first-order valence-electron chi connectivity index (χ1n) is 10.7. The monoisotopic (exact) mass is 419 g/mol. The molecule has 1 amide bonds. The number of nitrogens with one attached hydrogen (secondary N) is 1. The van der Waals surface area contributed by atoms with Crippen LogP contribution in [0.15, 0.2) is 30.3 Å². The molecule has 1 heterocycles. The van der Waals surface area contributed by atoms with Crippen molar-refractivity contribution in [3.63, 3.8) is 0 Å². The minimum absolute atomic E-state index is 0.321. The summed E-state index contributed by atoms with van der Waals surface area (Å²) in [5.41, 5.74) is 6.54. The summed E-state index contributed by atoms with van der Waals surface area (Å²) in [6.45, 7) is 0.852. The summed E-state index contributed by atoms with van der Waals surface area (Å²) in [4.78, 5) is 38.2. The Morgan fingerprint density at radius 2 is 1.83 bits per heavy atom. The second kappa shape index (κ2) is 12.3. The molecule has 8 heteroatoms. The fourth-order valence-electron chi connectivity index (χ4n) is 3.90.